The maximum absolute atomic E-state index is 13.3. The Hall–Kier alpha value is -2.96. The van der Waals surface area contributed by atoms with Crippen molar-refractivity contribution in [3.63, 3.8) is 0 Å². The van der Waals surface area contributed by atoms with Crippen LogP contribution in [0.3, 0.4) is 0 Å². The van der Waals surface area contributed by atoms with Gasteiger partial charge in [-0.1, -0.05) is 18.2 Å². The van der Waals surface area contributed by atoms with Crippen molar-refractivity contribution >= 4 is 17.5 Å². The quantitative estimate of drug-likeness (QED) is 0.836. The third-order valence-corrected chi connectivity index (χ3v) is 3.37. The first-order valence-corrected chi connectivity index (χ1v) is 7.65. The molecule has 0 aliphatic rings. The predicted octanol–water partition coefficient (Wildman–Crippen LogP) is 2.51. The van der Waals surface area contributed by atoms with Gasteiger partial charge in [-0.3, -0.25) is 9.59 Å². The van der Waals surface area contributed by atoms with Crippen molar-refractivity contribution < 1.29 is 23.1 Å². The molecule has 0 heterocycles. The fourth-order valence-corrected chi connectivity index (χ4v) is 2.15. The molecule has 2 aromatic rings. The molecule has 0 aliphatic heterocycles. The minimum absolute atomic E-state index is 0.123. The Kier molecular flexibility index (Phi) is 6.45. The molecule has 0 bridgehead atoms. The molecule has 0 unspecified atom stereocenters. The average Bonchev–Trinajstić information content (AvgIpc) is 2.60. The van der Waals surface area contributed by atoms with E-state index in [0.29, 0.717) is 5.75 Å². The number of benzene rings is 2. The number of carbonyl (C=O) groups excluding carboxylic acids is 2. The lowest BCUT2D eigenvalue weighted by Gasteiger charge is -2.21. The number of halogens is 2. The highest BCUT2D eigenvalue weighted by atomic mass is 19.2. The summed E-state index contributed by atoms with van der Waals surface area (Å²) in [4.78, 5) is 24.7. The Morgan fingerprint density at radius 1 is 1.08 bits per heavy atom. The third-order valence-electron chi connectivity index (χ3n) is 3.37. The molecule has 0 aliphatic carbocycles. The van der Waals surface area contributed by atoms with Gasteiger partial charge in [0.25, 0.3) is 5.91 Å². The van der Waals surface area contributed by atoms with Crippen molar-refractivity contribution in [1.82, 2.24) is 5.32 Å². The van der Waals surface area contributed by atoms with Crippen molar-refractivity contribution in [2.45, 2.75) is 6.92 Å². The molecule has 2 amide bonds. The number of hydrogen-bond acceptors (Lipinski definition) is 3. The van der Waals surface area contributed by atoms with Crippen LogP contribution < -0.4 is 15.0 Å². The number of anilines is 1. The first-order chi connectivity index (χ1) is 12.0. The maximum Gasteiger partial charge on any atom is 0.258 e. The molecule has 7 heteroatoms. The van der Waals surface area contributed by atoms with Crippen molar-refractivity contribution in [2.75, 3.05) is 24.6 Å². The SMILES string of the molecule is CC(=O)N(CCNC(=O)COc1ccccc1)c1ccc(F)c(F)c1. The van der Waals surface area contributed by atoms with E-state index in [0.717, 1.165) is 12.1 Å². The van der Waals surface area contributed by atoms with Crippen molar-refractivity contribution in [1.29, 1.82) is 0 Å². The van der Waals surface area contributed by atoms with Gasteiger partial charge in [-0.15, -0.1) is 0 Å². The molecule has 132 valence electrons. The van der Waals surface area contributed by atoms with Gasteiger partial charge < -0.3 is 15.0 Å². The monoisotopic (exact) mass is 348 g/mol. The summed E-state index contributed by atoms with van der Waals surface area (Å²) < 4.78 is 31.6. The lowest BCUT2D eigenvalue weighted by atomic mass is 10.2. The summed E-state index contributed by atoms with van der Waals surface area (Å²) >= 11 is 0. The highest BCUT2D eigenvalue weighted by Crippen LogP contribution is 2.17. The number of nitrogens with zero attached hydrogens (tertiary/aromatic N) is 1. The van der Waals surface area contributed by atoms with E-state index < -0.39 is 11.6 Å². The molecule has 0 radical (unpaired) electrons. The minimum atomic E-state index is -1.04. The van der Waals surface area contributed by atoms with Crippen molar-refractivity contribution in [2.24, 2.45) is 0 Å². The van der Waals surface area contributed by atoms with Crippen LogP contribution in [0.5, 0.6) is 5.75 Å². The Bertz CT molecular complexity index is 738. The molecule has 0 spiro atoms. The summed E-state index contributed by atoms with van der Waals surface area (Å²) in [7, 11) is 0. The number of para-hydroxylation sites is 1. The van der Waals surface area contributed by atoms with Gasteiger partial charge >= 0.3 is 0 Å². The molecule has 5 nitrogen and oxygen atoms in total. The largest absolute Gasteiger partial charge is 0.484 e. The van der Waals surface area contributed by atoms with Crippen LogP contribution in [0, 0.1) is 11.6 Å². The second-order valence-corrected chi connectivity index (χ2v) is 5.22. The minimum Gasteiger partial charge on any atom is -0.484 e. The zero-order chi connectivity index (χ0) is 18.2. The number of amides is 2. The molecule has 0 fully saturated rings. The van der Waals surface area contributed by atoms with Crippen LogP contribution in [-0.4, -0.2) is 31.5 Å². The van der Waals surface area contributed by atoms with Crippen molar-refractivity contribution in [3.05, 3.63) is 60.2 Å². The van der Waals surface area contributed by atoms with Crippen LogP contribution in [0.15, 0.2) is 48.5 Å². The fraction of sp³-hybridized carbons (Fsp3) is 0.222. The number of hydrogen-bond donors (Lipinski definition) is 1. The van der Waals surface area contributed by atoms with Gasteiger partial charge in [-0.25, -0.2) is 8.78 Å². The van der Waals surface area contributed by atoms with E-state index in [9.17, 15) is 18.4 Å². The van der Waals surface area contributed by atoms with Gasteiger partial charge in [-0.05, 0) is 24.3 Å². The summed E-state index contributed by atoms with van der Waals surface area (Å²) in [5.41, 5.74) is 0.223. The first-order valence-electron chi connectivity index (χ1n) is 7.65. The van der Waals surface area contributed by atoms with E-state index in [1.165, 1.54) is 17.9 Å². The van der Waals surface area contributed by atoms with Crippen LogP contribution in [-0.2, 0) is 9.59 Å². The lowest BCUT2D eigenvalue weighted by Crippen LogP contribution is -2.39. The number of carbonyl (C=O) groups is 2. The van der Waals surface area contributed by atoms with Crippen LogP contribution >= 0.6 is 0 Å². The van der Waals surface area contributed by atoms with Gasteiger partial charge in [0.1, 0.15) is 5.75 Å². The van der Waals surface area contributed by atoms with E-state index >= 15 is 0 Å². The first kappa shape index (κ1) is 18.4. The molecule has 0 atom stereocenters. The molecule has 0 aromatic heterocycles. The van der Waals surface area contributed by atoms with E-state index in [-0.39, 0.29) is 37.2 Å². The zero-order valence-corrected chi connectivity index (χ0v) is 13.7. The van der Waals surface area contributed by atoms with Crippen LogP contribution in [0.1, 0.15) is 6.92 Å². The summed E-state index contributed by atoms with van der Waals surface area (Å²) in [5.74, 6) is -2.15. The van der Waals surface area contributed by atoms with Crippen LogP contribution in [0.25, 0.3) is 0 Å². The lowest BCUT2D eigenvalue weighted by molar-refractivity contribution is -0.123. The smallest absolute Gasteiger partial charge is 0.258 e. The van der Waals surface area contributed by atoms with Gasteiger partial charge in [0.05, 0.1) is 0 Å². The molecular weight excluding hydrogens is 330 g/mol. The molecule has 0 saturated heterocycles. The second kappa shape index (κ2) is 8.77. The van der Waals surface area contributed by atoms with E-state index in [2.05, 4.69) is 5.32 Å². The predicted molar refractivity (Wildman–Crippen MR) is 89.3 cm³/mol. The molecule has 25 heavy (non-hydrogen) atoms. The fourth-order valence-electron chi connectivity index (χ4n) is 2.15. The molecule has 0 saturated carbocycles. The Morgan fingerprint density at radius 3 is 2.44 bits per heavy atom. The Morgan fingerprint density at radius 2 is 1.80 bits per heavy atom. The summed E-state index contributed by atoms with van der Waals surface area (Å²) in [6, 6.07) is 12.1. The molecular formula is C18H18F2N2O3. The second-order valence-electron chi connectivity index (χ2n) is 5.22. The van der Waals surface area contributed by atoms with Gasteiger partial charge in [-0.2, -0.15) is 0 Å². The van der Waals surface area contributed by atoms with E-state index in [1.54, 1.807) is 24.3 Å². The highest BCUT2D eigenvalue weighted by molar-refractivity contribution is 5.91. The van der Waals surface area contributed by atoms with Gasteiger partial charge in [0.2, 0.25) is 5.91 Å². The average molecular weight is 348 g/mol. The van der Waals surface area contributed by atoms with Gasteiger partial charge in [0.15, 0.2) is 18.2 Å². The van der Waals surface area contributed by atoms with E-state index in [1.807, 2.05) is 6.07 Å². The number of ether oxygens (including phenoxy) is 1. The molecule has 1 N–H and O–H groups in total. The third kappa shape index (κ3) is 5.56. The summed E-state index contributed by atoms with van der Waals surface area (Å²) in [6.07, 6.45) is 0. The maximum atomic E-state index is 13.3. The molecule has 2 aromatic carbocycles. The summed E-state index contributed by atoms with van der Waals surface area (Å²) in [5, 5.41) is 2.61. The zero-order valence-electron chi connectivity index (χ0n) is 13.7. The highest BCUT2D eigenvalue weighted by Gasteiger charge is 2.14. The van der Waals surface area contributed by atoms with Crippen molar-refractivity contribution in [3.8, 4) is 5.75 Å². The summed E-state index contributed by atoms with van der Waals surface area (Å²) in [6.45, 7) is 1.42. The Labute approximate surface area is 144 Å². The van der Waals surface area contributed by atoms with Crippen LogP contribution in [0.2, 0.25) is 0 Å². The van der Waals surface area contributed by atoms with Crippen LogP contribution in [0.4, 0.5) is 14.5 Å². The Balaban J connectivity index is 1.83. The van der Waals surface area contributed by atoms with Gasteiger partial charge in [0, 0.05) is 31.8 Å². The number of nitrogens with one attached hydrogen (secondary N) is 1. The topological polar surface area (TPSA) is 58.6 Å². The normalized spacial score (nSPS) is 10.2. The number of rotatable bonds is 7. The standard InChI is InChI=1S/C18H18F2N2O3/c1-13(23)22(14-7-8-16(19)17(20)11-14)10-9-21-18(24)12-25-15-5-3-2-4-6-15/h2-8,11H,9-10,12H2,1H3,(H,21,24). The van der Waals surface area contributed by atoms with E-state index in [4.69, 9.17) is 4.74 Å². The molecule has 2 rings (SSSR count).